The van der Waals surface area contributed by atoms with Crippen molar-refractivity contribution in [3.63, 3.8) is 0 Å². The quantitative estimate of drug-likeness (QED) is 0.691. The number of morpholine rings is 1. The fourth-order valence-electron chi connectivity index (χ4n) is 4.29. The number of amides is 2. The molecule has 0 bridgehead atoms. The zero-order valence-corrected chi connectivity index (χ0v) is 16.9. The summed E-state index contributed by atoms with van der Waals surface area (Å²) in [6, 6.07) is 0. The van der Waals surface area contributed by atoms with Crippen LogP contribution in [0.15, 0.2) is 0 Å². The van der Waals surface area contributed by atoms with E-state index in [0.29, 0.717) is 59.0 Å². The fraction of sp³-hybridized carbons (Fsp3) is 0.895. The average molecular weight is 383 g/mol. The highest BCUT2D eigenvalue weighted by Gasteiger charge is 2.63. The first-order valence-corrected chi connectivity index (χ1v) is 10.1. The Labute approximate surface area is 161 Å². The number of carbonyl (C=O) groups is 2. The molecule has 0 aromatic heterocycles. The highest BCUT2D eigenvalue weighted by atomic mass is 16.5. The molecule has 2 saturated heterocycles. The number of nitrogens with two attached hydrogens (primary N) is 1. The summed E-state index contributed by atoms with van der Waals surface area (Å²) >= 11 is 0. The van der Waals surface area contributed by atoms with Crippen molar-refractivity contribution in [2.45, 2.75) is 38.8 Å². The van der Waals surface area contributed by atoms with E-state index in [4.69, 9.17) is 15.2 Å². The Kier molecular flexibility index (Phi) is 6.10. The lowest BCUT2D eigenvalue weighted by Crippen LogP contribution is -2.76. The molecule has 1 saturated carbocycles. The number of ether oxygens (including phenoxy) is 2. The average Bonchev–Trinajstić information content (AvgIpc) is 2.68. The third kappa shape index (κ3) is 3.85. The van der Waals surface area contributed by atoms with Gasteiger partial charge in [-0.05, 0) is 6.92 Å². The lowest BCUT2D eigenvalue weighted by molar-refractivity contribution is -0.180. The molecule has 2 N–H and O–H groups in total. The third-order valence-electron chi connectivity index (χ3n) is 6.59. The predicted molar refractivity (Wildman–Crippen MR) is 101 cm³/mol. The van der Waals surface area contributed by atoms with Crippen molar-refractivity contribution in [2.75, 3.05) is 65.6 Å². The highest BCUT2D eigenvalue weighted by molar-refractivity contribution is 5.89. The van der Waals surface area contributed by atoms with Gasteiger partial charge in [0, 0.05) is 57.7 Å². The largest absolute Gasteiger partial charge is 0.379 e. The molecular formula is C19H34N4O4. The molecular weight excluding hydrogens is 348 g/mol. The van der Waals surface area contributed by atoms with Gasteiger partial charge < -0.3 is 25.0 Å². The maximum atomic E-state index is 13.1. The standard InChI is InChI=1S/C19H34N4O4/c1-4-27-15-13-19(20,18(15,2)3)17(25)23-7-5-22(6-8-23)16(24)14-21-9-11-26-12-10-21/h15H,4-14,20H2,1-3H3. The Hall–Kier alpha value is -1.22. The summed E-state index contributed by atoms with van der Waals surface area (Å²) in [5, 5.41) is 0. The molecule has 0 spiro atoms. The lowest BCUT2D eigenvalue weighted by Gasteiger charge is -2.59. The summed E-state index contributed by atoms with van der Waals surface area (Å²) < 4.78 is 11.1. The van der Waals surface area contributed by atoms with Crippen LogP contribution in [0.2, 0.25) is 0 Å². The molecule has 0 aromatic carbocycles. The molecule has 2 heterocycles. The van der Waals surface area contributed by atoms with Crippen LogP contribution in [0, 0.1) is 5.41 Å². The van der Waals surface area contributed by atoms with Crippen molar-refractivity contribution in [3.05, 3.63) is 0 Å². The fourth-order valence-corrected chi connectivity index (χ4v) is 4.29. The maximum absolute atomic E-state index is 13.1. The molecule has 3 fully saturated rings. The Morgan fingerprint density at radius 2 is 1.67 bits per heavy atom. The van der Waals surface area contributed by atoms with Crippen molar-refractivity contribution in [3.8, 4) is 0 Å². The van der Waals surface area contributed by atoms with Crippen LogP contribution in [-0.4, -0.2) is 104 Å². The van der Waals surface area contributed by atoms with Crippen LogP contribution in [0.1, 0.15) is 27.2 Å². The van der Waals surface area contributed by atoms with Crippen molar-refractivity contribution >= 4 is 11.8 Å². The van der Waals surface area contributed by atoms with E-state index >= 15 is 0 Å². The number of carbonyl (C=O) groups excluding carboxylic acids is 2. The summed E-state index contributed by atoms with van der Waals surface area (Å²) in [6.45, 7) is 12.2. The van der Waals surface area contributed by atoms with E-state index in [2.05, 4.69) is 4.90 Å². The van der Waals surface area contributed by atoms with E-state index in [-0.39, 0.29) is 23.3 Å². The van der Waals surface area contributed by atoms with Crippen LogP contribution in [0.5, 0.6) is 0 Å². The minimum atomic E-state index is -0.882. The van der Waals surface area contributed by atoms with Crippen LogP contribution in [0.4, 0.5) is 0 Å². The van der Waals surface area contributed by atoms with Crippen molar-refractivity contribution in [1.82, 2.24) is 14.7 Å². The second-order valence-electron chi connectivity index (χ2n) is 8.40. The van der Waals surface area contributed by atoms with E-state index in [1.165, 1.54) is 0 Å². The number of rotatable bonds is 5. The number of hydrogen-bond acceptors (Lipinski definition) is 6. The summed E-state index contributed by atoms with van der Waals surface area (Å²) in [4.78, 5) is 31.4. The molecule has 2 unspecified atom stereocenters. The second kappa shape index (κ2) is 8.03. The first-order valence-electron chi connectivity index (χ1n) is 10.1. The Bertz CT molecular complexity index is 556. The topological polar surface area (TPSA) is 88.3 Å². The highest BCUT2D eigenvalue weighted by Crippen LogP contribution is 2.50. The monoisotopic (exact) mass is 382 g/mol. The molecule has 154 valence electrons. The van der Waals surface area contributed by atoms with Gasteiger partial charge in [-0.15, -0.1) is 0 Å². The zero-order chi connectivity index (χ0) is 19.7. The normalized spacial score (nSPS) is 31.5. The van der Waals surface area contributed by atoms with E-state index < -0.39 is 5.54 Å². The molecule has 8 heteroatoms. The smallest absolute Gasteiger partial charge is 0.243 e. The molecule has 27 heavy (non-hydrogen) atoms. The van der Waals surface area contributed by atoms with Crippen molar-refractivity contribution < 1.29 is 19.1 Å². The van der Waals surface area contributed by atoms with Crippen LogP contribution < -0.4 is 5.73 Å². The number of piperazine rings is 1. The minimum Gasteiger partial charge on any atom is -0.379 e. The van der Waals surface area contributed by atoms with Gasteiger partial charge in [0.05, 0.1) is 25.9 Å². The van der Waals surface area contributed by atoms with Crippen molar-refractivity contribution in [1.29, 1.82) is 0 Å². The number of nitrogens with zero attached hydrogens (tertiary/aromatic N) is 3. The summed E-state index contributed by atoms with van der Waals surface area (Å²) in [6.07, 6.45) is 0.580. The van der Waals surface area contributed by atoms with Gasteiger partial charge in [-0.2, -0.15) is 0 Å². The lowest BCUT2D eigenvalue weighted by atomic mass is 9.54. The minimum absolute atomic E-state index is 0.0104. The molecule has 2 atom stereocenters. The summed E-state index contributed by atoms with van der Waals surface area (Å²) in [7, 11) is 0. The van der Waals surface area contributed by atoms with Crippen molar-refractivity contribution in [2.24, 2.45) is 11.1 Å². The van der Waals surface area contributed by atoms with Gasteiger partial charge in [0.1, 0.15) is 5.54 Å². The van der Waals surface area contributed by atoms with Crippen LogP contribution in [0.25, 0.3) is 0 Å². The zero-order valence-electron chi connectivity index (χ0n) is 16.9. The molecule has 3 aliphatic rings. The van der Waals surface area contributed by atoms with Gasteiger partial charge in [-0.3, -0.25) is 14.5 Å². The molecule has 8 nitrogen and oxygen atoms in total. The van der Waals surface area contributed by atoms with E-state index in [1.807, 2.05) is 30.6 Å². The van der Waals surface area contributed by atoms with Gasteiger partial charge in [0.15, 0.2) is 0 Å². The van der Waals surface area contributed by atoms with Crippen LogP contribution in [-0.2, 0) is 19.1 Å². The first kappa shape index (κ1) is 20.5. The molecule has 3 rings (SSSR count). The Morgan fingerprint density at radius 1 is 1.07 bits per heavy atom. The van der Waals surface area contributed by atoms with E-state index in [1.54, 1.807) is 0 Å². The van der Waals surface area contributed by atoms with E-state index in [0.717, 1.165) is 13.1 Å². The third-order valence-corrected chi connectivity index (χ3v) is 6.59. The molecule has 1 aliphatic carbocycles. The van der Waals surface area contributed by atoms with Crippen LogP contribution >= 0.6 is 0 Å². The van der Waals surface area contributed by atoms with E-state index in [9.17, 15) is 9.59 Å². The molecule has 0 radical (unpaired) electrons. The van der Waals surface area contributed by atoms with Gasteiger partial charge >= 0.3 is 0 Å². The molecule has 2 aliphatic heterocycles. The Morgan fingerprint density at radius 3 is 2.22 bits per heavy atom. The predicted octanol–water partition coefficient (Wildman–Crippen LogP) is -0.478. The second-order valence-corrected chi connectivity index (χ2v) is 8.40. The maximum Gasteiger partial charge on any atom is 0.243 e. The van der Waals surface area contributed by atoms with Crippen LogP contribution in [0.3, 0.4) is 0 Å². The molecule has 2 amide bonds. The summed E-state index contributed by atoms with van der Waals surface area (Å²) in [5.41, 5.74) is 5.26. The SMILES string of the molecule is CCOC1CC(N)(C(=O)N2CCN(C(=O)CN3CCOCC3)CC2)C1(C)C. The molecule has 0 aromatic rings. The number of hydrogen-bond donors (Lipinski definition) is 1. The summed E-state index contributed by atoms with van der Waals surface area (Å²) in [5.74, 6) is 0.121. The Balaban J connectivity index is 1.50. The van der Waals surface area contributed by atoms with Gasteiger partial charge in [-0.1, -0.05) is 13.8 Å². The van der Waals surface area contributed by atoms with Gasteiger partial charge in [-0.25, -0.2) is 0 Å². The first-order chi connectivity index (χ1) is 12.8. The van der Waals surface area contributed by atoms with Gasteiger partial charge in [0.2, 0.25) is 11.8 Å². The van der Waals surface area contributed by atoms with Gasteiger partial charge in [0.25, 0.3) is 0 Å².